The lowest BCUT2D eigenvalue weighted by atomic mass is 10.0. The molecule has 6 heteroatoms. The van der Waals surface area contributed by atoms with Crippen molar-refractivity contribution in [2.24, 2.45) is 11.7 Å². The van der Waals surface area contributed by atoms with Gasteiger partial charge >= 0.3 is 0 Å². The van der Waals surface area contributed by atoms with Crippen molar-refractivity contribution in [3.8, 4) is 10.6 Å². The summed E-state index contributed by atoms with van der Waals surface area (Å²) in [5.41, 5.74) is 7.80. The van der Waals surface area contributed by atoms with E-state index in [2.05, 4.69) is 18.8 Å². The van der Waals surface area contributed by atoms with E-state index in [0.717, 1.165) is 22.7 Å². The third-order valence-electron chi connectivity index (χ3n) is 4.08. The number of halogens is 1. The minimum absolute atomic E-state index is 0.00108. The summed E-state index contributed by atoms with van der Waals surface area (Å²) < 4.78 is 0. The highest BCUT2D eigenvalue weighted by Gasteiger charge is 2.20. The average molecular weight is 366 g/mol. The highest BCUT2D eigenvalue weighted by atomic mass is 35.5. The summed E-state index contributed by atoms with van der Waals surface area (Å²) in [6.07, 6.45) is 0.793. The fourth-order valence-electron chi connectivity index (χ4n) is 2.26. The van der Waals surface area contributed by atoms with Gasteiger partial charge in [-0.3, -0.25) is 4.79 Å². The average Bonchev–Trinajstić information content (AvgIpc) is 2.93. The molecule has 2 aromatic rings. The standard InChI is InChI=1S/C18H24ClN3OS/c1-11(2)15(20)9-10-22(4)18(23)16-12(3)21-17(24-16)13-5-7-14(19)8-6-13/h5-8,11,15H,9-10,20H2,1-4H3. The van der Waals surface area contributed by atoms with Crippen molar-refractivity contribution in [1.29, 1.82) is 0 Å². The maximum Gasteiger partial charge on any atom is 0.265 e. The first-order valence-corrected chi connectivity index (χ1v) is 9.23. The van der Waals surface area contributed by atoms with Gasteiger partial charge in [-0.15, -0.1) is 11.3 Å². The summed E-state index contributed by atoms with van der Waals surface area (Å²) in [4.78, 5) is 19.6. The van der Waals surface area contributed by atoms with E-state index >= 15 is 0 Å². The van der Waals surface area contributed by atoms with Crippen LogP contribution in [0.5, 0.6) is 0 Å². The van der Waals surface area contributed by atoms with Gasteiger partial charge in [0.2, 0.25) is 0 Å². The van der Waals surface area contributed by atoms with E-state index in [-0.39, 0.29) is 11.9 Å². The molecule has 1 atom stereocenters. The van der Waals surface area contributed by atoms with Crippen LogP contribution in [0.1, 0.15) is 35.6 Å². The number of rotatable bonds is 6. The number of carbonyl (C=O) groups excluding carboxylic acids is 1. The number of hydrogen-bond acceptors (Lipinski definition) is 4. The fraction of sp³-hybridized carbons (Fsp3) is 0.444. The van der Waals surface area contributed by atoms with Gasteiger partial charge < -0.3 is 10.6 Å². The first kappa shape index (κ1) is 18.9. The molecule has 1 heterocycles. The number of benzene rings is 1. The van der Waals surface area contributed by atoms with E-state index in [0.29, 0.717) is 22.4 Å². The van der Waals surface area contributed by atoms with Crippen molar-refractivity contribution >= 4 is 28.8 Å². The maximum atomic E-state index is 12.7. The van der Waals surface area contributed by atoms with Gasteiger partial charge in [0.25, 0.3) is 5.91 Å². The number of aromatic nitrogens is 1. The molecule has 0 saturated carbocycles. The summed E-state index contributed by atoms with van der Waals surface area (Å²) in [7, 11) is 1.82. The van der Waals surface area contributed by atoms with E-state index < -0.39 is 0 Å². The van der Waals surface area contributed by atoms with E-state index in [1.54, 1.807) is 4.90 Å². The van der Waals surface area contributed by atoms with E-state index in [9.17, 15) is 4.79 Å². The van der Waals surface area contributed by atoms with Crippen LogP contribution in [0.4, 0.5) is 0 Å². The Balaban J connectivity index is 2.11. The van der Waals surface area contributed by atoms with Crippen molar-refractivity contribution in [3.63, 3.8) is 0 Å². The smallest absolute Gasteiger partial charge is 0.265 e. The second-order valence-corrected chi connectivity index (χ2v) is 7.80. The predicted molar refractivity (Wildman–Crippen MR) is 102 cm³/mol. The second kappa shape index (κ2) is 8.10. The molecule has 0 aliphatic carbocycles. The van der Waals surface area contributed by atoms with E-state index in [1.807, 2.05) is 38.2 Å². The molecule has 1 aromatic carbocycles. The largest absolute Gasteiger partial charge is 0.341 e. The molecule has 4 nitrogen and oxygen atoms in total. The van der Waals surface area contributed by atoms with Crippen LogP contribution in [0.15, 0.2) is 24.3 Å². The minimum Gasteiger partial charge on any atom is -0.341 e. The molecule has 0 fully saturated rings. The topological polar surface area (TPSA) is 59.2 Å². The molecule has 0 spiro atoms. The Morgan fingerprint density at radius 1 is 1.33 bits per heavy atom. The summed E-state index contributed by atoms with van der Waals surface area (Å²) >= 11 is 7.34. The lowest BCUT2D eigenvalue weighted by molar-refractivity contribution is 0.0793. The van der Waals surface area contributed by atoms with E-state index in [1.165, 1.54) is 11.3 Å². The van der Waals surface area contributed by atoms with Gasteiger partial charge in [-0.25, -0.2) is 4.98 Å². The maximum absolute atomic E-state index is 12.7. The number of carbonyl (C=O) groups is 1. The lowest BCUT2D eigenvalue weighted by Gasteiger charge is -2.21. The van der Waals surface area contributed by atoms with Gasteiger partial charge in [-0.1, -0.05) is 37.6 Å². The SMILES string of the molecule is Cc1nc(-c2ccc(Cl)cc2)sc1C(=O)N(C)CCC(N)C(C)C. The molecule has 130 valence electrons. The van der Waals surface area contributed by atoms with Crippen LogP contribution in [-0.2, 0) is 0 Å². The molecule has 0 aliphatic heterocycles. The van der Waals surface area contributed by atoms with Crippen LogP contribution in [0.3, 0.4) is 0 Å². The van der Waals surface area contributed by atoms with Crippen LogP contribution in [0.25, 0.3) is 10.6 Å². The number of amides is 1. The van der Waals surface area contributed by atoms with Gasteiger partial charge in [0.05, 0.1) is 5.69 Å². The fourth-order valence-corrected chi connectivity index (χ4v) is 3.45. The Kier molecular flexibility index (Phi) is 6.38. The van der Waals surface area contributed by atoms with Crippen LogP contribution >= 0.6 is 22.9 Å². The molecule has 0 saturated heterocycles. The van der Waals surface area contributed by atoms with Crippen molar-refractivity contribution in [2.75, 3.05) is 13.6 Å². The summed E-state index contributed by atoms with van der Waals surface area (Å²) in [5, 5.41) is 1.52. The van der Waals surface area contributed by atoms with Crippen molar-refractivity contribution < 1.29 is 4.79 Å². The Hall–Kier alpha value is -1.43. The Bertz CT molecular complexity index is 697. The third kappa shape index (κ3) is 4.56. The Morgan fingerprint density at radius 2 is 1.96 bits per heavy atom. The highest BCUT2D eigenvalue weighted by Crippen LogP contribution is 2.29. The molecule has 2 rings (SSSR count). The third-order valence-corrected chi connectivity index (χ3v) is 5.53. The molecule has 0 aliphatic rings. The van der Waals surface area contributed by atoms with Gasteiger partial charge in [0, 0.05) is 30.2 Å². The first-order valence-electron chi connectivity index (χ1n) is 8.04. The predicted octanol–water partition coefficient (Wildman–Crippen LogP) is 4.22. The van der Waals surface area contributed by atoms with Crippen molar-refractivity contribution in [3.05, 3.63) is 39.9 Å². The zero-order valence-corrected chi connectivity index (χ0v) is 16.1. The van der Waals surface area contributed by atoms with Crippen LogP contribution in [0, 0.1) is 12.8 Å². The molecule has 0 radical (unpaired) electrons. The Labute approximate surface area is 152 Å². The summed E-state index contributed by atoms with van der Waals surface area (Å²) in [6.45, 7) is 6.71. The molecular formula is C18H24ClN3OS. The quantitative estimate of drug-likeness (QED) is 0.833. The van der Waals surface area contributed by atoms with Gasteiger partial charge in [-0.05, 0) is 31.4 Å². The monoisotopic (exact) mass is 365 g/mol. The Morgan fingerprint density at radius 3 is 2.54 bits per heavy atom. The summed E-state index contributed by atoms with van der Waals surface area (Å²) in [5.74, 6) is 0.413. The molecule has 0 bridgehead atoms. The lowest BCUT2D eigenvalue weighted by Crippen LogP contribution is -2.34. The molecular weight excluding hydrogens is 342 g/mol. The van der Waals surface area contributed by atoms with Crippen LogP contribution in [-0.4, -0.2) is 35.4 Å². The van der Waals surface area contributed by atoms with E-state index in [4.69, 9.17) is 17.3 Å². The van der Waals surface area contributed by atoms with Gasteiger partial charge in [-0.2, -0.15) is 0 Å². The summed E-state index contributed by atoms with van der Waals surface area (Å²) in [6, 6.07) is 7.59. The molecule has 1 aromatic heterocycles. The molecule has 24 heavy (non-hydrogen) atoms. The van der Waals surface area contributed by atoms with Crippen LogP contribution in [0.2, 0.25) is 5.02 Å². The molecule has 1 amide bonds. The first-order chi connectivity index (χ1) is 11.3. The van der Waals surface area contributed by atoms with Crippen molar-refractivity contribution in [1.82, 2.24) is 9.88 Å². The van der Waals surface area contributed by atoms with Gasteiger partial charge in [0.15, 0.2) is 0 Å². The number of nitrogens with zero attached hydrogens (tertiary/aromatic N) is 2. The molecule has 2 N–H and O–H groups in total. The minimum atomic E-state index is 0.00108. The number of nitrogens with two attached hydrogens (primary N) is 1. The zero-order chi connectivity index (χ0) is 17.9. The number of hydrogen-bond donors (Lipinski definition) is 1. The normalized spacial score (nSPS) is 12.5. The number of aryl methyl sites for hydroxylation is 1. The van der Waals surface area contributed by atoms with Gasteiger partial charge in [0.1, 0.15) is 9.88 Å². The molecule has 1 unspecified atom stereocenters. The number of thiazole rings is 1. The highest BCUT2D eigenvalue weighted by molar-refractivity contribution is 7.17. The van der Waals surface area contributed by atoms with Crippen LogP contribution < -0.4 is 5.73 Å². The van der Waals surface area contributed by atoms with Crippen molar-refractivity contribution in [2.45, 2.75) is 33.2 Å². The second-order valence-electron chi connectivity index (χ2n) is 6.36. The zero-order valence-electron chi connectivity index (χ0n) is 14.5.